The lowest BCUT2D eigenvalue weighted by Gasteiger charge is -2.09. The molecular weight excluding hydrogens is 298 g/mol. The van der Waals surface area contributed by atoms with E-state index in [0.29, 0.717) is 22.2 Å². The predicted octanol–water partition coefficient (Wildman–Crippen LogP) is 4.90. The fourth-order valence-electron chi connectivity index (χ4n) is 2.22. The molecule has 6 heteroatoms. The van der Waals surface area contributed by atoms with E-state index in [4.69, 9.17) is 4.74 Å². The quantitative estimate of drug-likeness (QED) is 0.684. The molecule has 0 unspecified atom stereocenters. The fourth-order valence-corrected chi connectivity index (χ4v) is 2.22. The third-order valence-corrected chi connectivity index (χ3v) is 3.31. The third-order valence-electron chi connectivity index (χ3n) is 3.31. The Morgan fingerprint density at radius 1 is 1.00 bits per heavy atom. The number of halogens is 4. The van der Waals surface area contributed by atoms with Gasteiger partial charge in [-0.05, 0) is 36.4 Å². The summed E-state index contributed by atoms with van der Waals surface area (Å²) in [5, 5.41) is 0.425. The molecule has 1 aromatic heterocycles. The van der Waals surface area contributed by atoms with E-state index in [2.05, 4.69) is 4.98 Å². The van der Waals surface area contributed by atoms with Crippen LogP contribution in [0.4, 0.5) is 17.6 Å². The molecule has 2 aromatic carbocycles. The van der Waals surface area contributed by atoms with E-state index < -0.39 is 11.7 Å². The van der Waals surface area contributed by atoms with Gasteiger partial charge in [0.1, 0.15) is 18.2 Å². The van der Waals surface area contributed by atoms with Crippen molar-refractivity contribution < 1.29 is 22.3 Å². The van der Waals surface area contributed by atoms with Gasteiger partial charge in [0.05, 0.1) is 5.56 Å². The Labute approximate surface area is 123 Å². The molecular formula is C16H11F4NO. The van der Waals surface area contributed by atoms with Crippen LogP contribution in [0.2, 0.25) is 0 Å². The molecule has 2 nitrogen and oxygen atoms in total. The molecule has 3 rings (SSSR count). The monoisotopic (exact) mass is 309 g/mol. The van der Waals surface area contributed by atoms with E-state index in [1.54, 1.807) is 18.3 Å². The van der Waals surface area contributed by atoms with Crippen molar-refractivity contribution >= 4 is 10.9 Å². The number of fused-ring (bicyclic) bond motifs is 1. The van der Waals surface area contributed by atoms with Gasteiger partial charge in [-0.25, -0.2) is 4.39 Å². The van der Waals surface area contributed by atoms with Crippen molar-refractivity contribution in [1.29, 1.82) is 0 Å². The van der Waals surface area contributed by atoms with Crippen LogP contribution in [0, 0.1) is 5.82 Å². The Balaban J connectivity index is 1.77. The summed E-state index contributed by atoms with van der Waals surface area (Å²) >= 11 is 0. The SMILES string of the molecule is Fc1cccc2[nH]cc(COc3ccc(C(F)(F)F)cc3)c12. The molecule has 0 fully saturated rings. The first-order chi connectivity index (χ1) is 10.4. The van der Waals surface area contributed by atoms with E-state index in [1.807, 2.05) is 0 Å². The average molecular weight is 309 g/mol. The molecule has 0 saturated carbocycles. The summed E-state index contributed by atoms with van der Waals surface area (Å²) in [6, 6.07) is 9.06. The lowest BCUT2D eigenvalue weighted by molar-refractivity contribution is -0.137. The highest BCUT2D eigenvalue weighted by Gasteiger charge is 2.30. The van der Waals surface area contributed by atoms with Crippen molar-refractivity contribution in [1.82, 2.24) is 4.98 Å². The number of hydrogen-bond acceptors (Lipinski definition) is 1. The van der Waals surface area contributed by atoms with Crippen LogP contribution in [0.1, 0.15) is 11.1 Å². The number of benzene rings is 2. The normalized spacial score (nSPS) is 11.8. The summed E-state index contributed by atoms with van der Waals surface area (Å²) in [6.45, 7) is 0.0618. The maximum absolute atomic E-state index is 13.8. The number of ether oxygens (including phenoxy) is 1. The molecule has 0 amide bonds. The van der Waals surface area contributed by atoms with Gasteiger partial charge < -0.3 is 9.72 Å². The van der Waals surface area contributed by atoms with Gasteiger partial charge in [0.25, 0.3) is 0 Å². The Kier molecular flexibility index (Phi) is 3.52. The van der Waals surface area contributed by atoms with E-state index >= 15 is 0 Å². The van der Waals surface area contributed by atoms with Crippen molar-refractivity contribution in [2.75, 3.05) is 0 Å². The molecule has 1 heterocycles. The van der Waals surface area contributed by atoms with Gasteiger partial charge in [-0.2, -0.15) is 13.2 Å². The Bertz CT molecular complexity index is 790. The number of nitrogens with one attached hydrogen (secondary N) is 1. The summed E-state index contributed by atoms with van der Waals surface area (Å²) < 4.78 is 56.6. The first-order valence-corrected chi connectivity index (χ1v) is 6.50. The minimum atomic E-state index is -4.38. The summed E-state index contributed by atoms with van der Waals surface area (Å²) in [5.41, 5.74) is 0.511. The summed E-state index contributed by atoms with van der Waals surface area (Å²) in [6.07, 6.45) is -2.75. The predicted molar refractivity (Wildman–Crippen MR) is 74.0 cm³/mol. The minimum absolute atomic E-state index is 0.0618. The maximum Gasteiger partial charge on any atom is 0.416 e. The van der Waals surface area contributed by atoms with Crippen molar-refractivity contribution in [2.24, 2.45) is 0 Å². The summed E-state index contributed by atoms with van der Waals surface area (Å²) in [4.78, 5) is 2.93. The average Bonchev–Trinajstić information content (AvgIpc) is 2.89. The highest BCUT2D eigenvalue weighted by molar-refractivity contribution is 5.83. The van der Waals surface area contributed by atoms with Crippen LogP contribution < -0.4 is 4.74 Å². The summed E-state index contributed by atoms with van der Waals surface area (Å²) in [5.74, 6) is -0.0801. The largest absolute Gasteiger partial charge is 0.489 e. The van der Waals surface area contributed by atoms with Crippen LogP contribution in [-0.4, -0.2) is 4.98 Å². The standard InChI is InChI=1S/C16H11F4NO/c17-13-2-1-3-14-15(13)10(8-21-14)9-22-12-6-4-11(5-7-12)16(18,19)20/h1-8,21H,9H2. The van der Waals surface area contributed by atoms with Crippen molar-refractivity contribution in [3.05, 3.63) is 65.6 Å². The van der Waals surface area contributed by atoms with Crippen LogP contribution >= 0.6 is 0 Å². The van der Waals surface area contributed by atoms with Crippen molar-refractivity contribution in [3.63, 3.8) is 0 Å². The highest BCUT2D eigenvalue weighted by Crippen LogP contribution is 2.30. The molecule has 0 bridgehead atoms. The molecule has 114 valence electrons. The van der Waals surface area contributed by atoms with Gasteiger partial charge in [-0.1, -0.05) is 6.07 Å². The Hall–Kier alpha value is -2.50. The van der Waals surface area contributed by atoms with Crippen LogP contribution in [0.3, 0.4) is 0 Å². The zero-order chi connectivity index (χ0) is 15.7. The van der Waals surface area contributed by atoms with E-state index in [0.717, 1.165) is 12.1 Å². The molecule has 0 radical (unpaired) electrons. The lowest BCUT2D eigenvalue weighted by atomic mass is 10.2. The van der Waals surface area contributed by atoms with Crippen LogP contribution in [-0.2, 0) is 12.8 Å². The van der Waals surface area contributed by atoms with Crippen LogP contribution in [0.25, 0.3) is 10.9 Å². The van der Waals surface area contributed by atoms with Gasteiger partial charge in [0.2, 0.25) is 0 Å². The third kappa shape index (κ3) is 2.77. The van der Waals surface area contributed by atoms with Gasteiger partial charge >= 0.3 is 6.18 Å². The number of aromatic nitrogens is 1. The van der Waals surface area contributed by atoms with Crippen LogP contribution in [0.5, 0.6) is 5.75 Å². The zero-order valence-corrected chi connectivity index (χ0v) is 11.2. The number of hydrogen-bond donors (Lipinski definition) is 1. The molecule has 0 aliphatic carbocycles. The van der Waals surface area contributed by atoms with E-state index in [9.17, 15) is 17.6 Å². The Morgan fingerprint density at radius 3 is 2.41 bits per heavy atom. The molecule has 3 aromatic rings. The molecule has 0 spiro atoms. The molecule has 0 aliphatic heterocycles. The minimum Gasteiger partial charge on any atom is -0.489 e. The topological polar surface area (TPSA) is 25.0 Å². The van der Waals surface area contributed by atoms with Gasteiger partial charge in [-0.15, -0.1) is 0 Å². The molecule has 0 saturated heterocycles. The fraction of sp³-hybridized carbons (Fsp3) is 0.125. The summed E-state index contributed by atoms with van der Waals surface area (Å²) in [7, 11) is 0. The molecule has 1 N–H and O–H groups in total. The maximum atomic E-state index is 13.8. The van der Waals surface area contributed by atoms with Crippen molar-refractivity contribution in [2.45, 2.75) is 12.8 Å². The Morgan fingerprint density at radius 2 is 1.73 bits per heavy atom. The highest BCUT2D eigenvalue weighted by atomic mass is 19.4. The van der Waals surface area contributed by atoms with Gasteiger partial charge in [0.15, 0.2) is 0 Å². The lowest BCUT2D eigenvalue weighted by Crippen LogP contribution is -2.04. The number of rotatable bonds is 3. The smallest absolute Gasteiger partial charge is 0.416 e. The van der Waals surface area contributed by atoms with E-state index in [-0.39, 0.29) is 12.4 Å². The van der Waals surface area contributed by atoms with Crippen molar-refractivity contribution in [3.8, 4) is 5.75 Å². The number of aromatic amines is 1. The first-order valence-electron chi connectivity index (χ1n) is 6.50. The number of alkyl halides is 3. The number of H-pyrrole nitrogens is 1. The second-order valence-corrected chi connectivity index (χ2v) is 4.79. The zero-order valence-electron chi connectivity index (χ0n) is 11.2. The molecule has 0 aliphatic rings. The first kappa shape index (κ1) is 14.4. The van der Waals surface area contributed by atoms with Crippen LogP contribution in [0.15, 0.2) is 48.7 Å². The second-order valence-electron chi connectivity index (χ2n) is 4.79. The molecule has 0 atom stereocenters. The van der Waals surface area contributed by atoms with E-state index in [1.165, 1.54) is 18.2 Å². The van der Waals surface area contributed by atoms with Gasteiger partial charge in [0, 0.05) is 22.7 Å². The molecule has 22 heavy (non-hydrogen) atoms. The van der Waals surface area contributed by atoms with Gasteiger partial charge in [-0.3, -0.25) is 0 Å². The second kappa shape index (κ2) is 5.36.